The van der Waals surface area contributed by atoms with Gasteiger partial charge in [0.15, 0.2) is 0 Å². The highest BCUT2D eigenvalue weighted by Crippen LogP contribution is 1.99. The van der Waals surface area contributed by atoms with Gasteiger partial charge in [-0.05, 0) is 0 Å². The number of nitrogens with one attached hydrogen (secondary N) is 1. The molecular formula is C6H8N4O3. The van der Waals surface area contributed by atoms with E-state index in [2.05, 4.69) is 15.4 Å². The number of aliphatic carboxylic acids is 1. The quantitative estimate of drug-likeness (QED) is 0.648. The molecule has 0 aliphatic heterocycles. The van der Waals surface area contributed by atoms with Gasteiger partial charge in [0.1, 0.15) is 12.9 Å². The Kier molecular flexibility index (Phi) is 2.58. The van der Waals surface area contributed by atoms with Gasteiger partial charge in [0.25, 0.3) is 0 Å². The van der Waals surface area contributed by atoms with Crippen molar-refractivity contribution in [3.05, 3.63) is 6.33 Å². The summed E-state index contributed by atoms with van der Waals surface area (Å²) in [6.45, 7) is 0.982. The average Bonchev–Trinajstić information content (AvgIpc) is 2.34. The van der Waals surface area contributed by atoms with Crippen LogP contribution in [0.1, 0.15) is 6.92 Å². The standard InChI is InChI=1S/C6H8N4O3/c1-4(11)9-6-7-3-8-10(6)2-5(12)13/h3H,2H2,1H3,(H,12,13)(H,7,8,9,11). The minimum absolute atomic E-state index is 0.134. The van der Waals surface area contributed by atoms with E-state index in [1.54, 1.807) is 0 Å². The number of carbonyl (C=O) groups excluding carboxylic acids is 1. The van der Waals surface area contributed by atoms with Crippen molar-refractivity contribution < 1.29 is 14.7 Å². The van der Waals surface area contributed by atoms with E-state index in [9.17, 15) is 9.59 Å². The highest BCUT2D eigenvalue weighted by Gasteiger charge is 2.07. The van der Waals surface area contributed by atoms with Crippen LogP contribution in [0.5, 0.6) is 0 Å². The molecule has 1 heterocycles. The van der Waals surface area contributed by atoms with Crippen molar-refractivity contribution >= 4 is 17.8 Å². The summed E-state index contributed by atoms with van der Waals surface area (Å²) in [6.07, 6.45) is 1.17. The summed E-state index contributed by atoms with van der Waals surface area (Å²) in [6, 6.07) is 0. The molecular weight excluding hydrogens is 176 g/mol. The van der Waals surface area contributed by atoms with Crippen molar-refractivity contribution in [2.24, 2.45) is 0 Å². The molecule has 13 heavy (non-hydrogen) atoms. The van der Waals surface area contributed by atoms with Crippen molar-refractivity contribution in [2.45, 2.75) is 13.5 Å². The van der Waals surface area contributed by atoms with Crippen LogP contribution in [0.25, 0.3) is 0 Å². The summed E-state index contributed by atoms with van der Waals surface area (Å²) < 4.78 is 1.09. The van der Waals surface area contributed by atoms with Gasteiger partial charge in [-0.15, -0.1) is 0 Å². The number of hydrogen-bond acceptors (Lipinski definition) is 4. The number of aromatic nitrogens is 3. The zero-order chi connectivity index (χ0) is 9.84. The lowest BCUT2D eigenvalue weighted by Crippen LogP contribution is -2.16. The maximum Gasteiger partial charge on any atom is 0.325 e. The molecule has 70 valence electrons. The molecule has 7 heteroatoms. The van der Waals surface area contributed by atoms with Crippen LogP contribution >= 0.6 is 0 Å². The second kappa shape index (κ2) is 3.65. The van der Waals surface area contributed by atoms with Gasteiger partial charge in [-0.25, -0.2) is 4.68 Å². The summed E-state index contributed by atoms with van der Waals surface area (Å²) in [5.41, 5.74) is 0. The van der Waals surface area contributed by atoms with E-state index in [4.69, 9.17) is 5.11 Å². The molecule has 0 aliphatic carbocycles. The predicted molar refractivity (Wildman–Crippen MR) is 42.0 cm³/mol. The van der Waals surface area contributed by atoms with Crippen LogP contribution < -0.4 is 5.32 Å². The molecule has 0 spiro atoms. The zero-order valence-electron chi connectivity index (χ0n) is 6.89. The number of rotatable bonds is 3. The van der Waals surface area contributed by atoms with Crippen LogP contribution in [0.4, 0.5) is 5.95 Å². The van der Waals surface area contributed by atoms with Gasteiger partial charge in [-0.2, -0.15) is 10.1 Å². The smallest absolute Gasteiger partial charge is 0.325 e. The van der Waals surface area contributed by atoms with Crippen molar-refractivity contribution in [3.8, 4) is 0 Å². The molecule has 1 aromatic rings. The van der Waals surface area contributed by atoms with E-state index in [0.29, 0.717) is 0 Å². The fourth-order valence-electron chi connectivity index (χ4n) is 0.762. The zero-order valence-corrected chi connectivity index (χ0v) is 6.89. The number of carboxylic acid groups (broad SMARTS) is 1. The van der Waals surface area contributed by atoms with Crippen molar-refractivity contribution in [1.82, 2.24) is 14.8 Å². The first-order chi connectivity index (χ1) is 6.09. The number of carboxylic acids is 1. The van der Waals surface area contributed by atoms with E-state index in [0.717, 1.165) is 4.68 Å². The topological polar surface area (TPSA) is 97.1 Å². The molecule has 1 rings (SSSR count). The van der Waals surface area contributed by atoms with Gasteiger partial charge in [0, 0.05) is 6.92 Å². The largest absolute Gasteiger partial charge is 0.480 e. The third kappa shape index (κ3) is 2.55. The summed E-state index contributed by atoms with van der Waals surface area (Å²) >= 11 is 0. The second-order valence-corrected chi connectivity index (χ2v) is 2.32. The Hall–Kier alpha value is -1.92. The van der Waals surface area contributed by atoms with E-state index < -0.39 is 5.97 Å². The van der Waals surface area contributed by atoms with Gasteiger partial charge < -0.3 is 5.11 Å². The molecule has 0 bridgehead atoms. The Morgan fingerprint density at radius 2 is 2.38 bits per heavy atom. The molecule has 2 N–H and O–H groups in total. The molecule has 0 saturated carbocycles. The SMILES string of the molecule is CC(=O)Nc1ncnn1CC(=O)O. The summed E-state index contributed by atoms with van der Waals surface area (Å²) in [4.78, 5) is 24.6. The first-order valence-corrected chi connectivity index (χ1v) is 3.47. The average molecular weight is 184 g/mol. The Morgan fingerprint density at radius 1 is 1.69 bits per heavy atom. The lowest BCUT2D eigenvalue weighted by atomic mass is 10.6. The van der Waals surface area contributed by atoms with Crippen LogP contribution in [0.2, 0.25) is 0 Å². The van der Waals surface area contributed by atoms with E-state index in [-0.39, 0.29) is 18.4 Å². The molecule has 1 amide bonds. The monoisotopic (exact) mass is 184 g/mol. The molecule has 0 fully saturated rings. The first-order valence-electron chi connectivity index (χ1n) is 3.47. The third-order valence-electron chi connectivity index (χ3n) is 1.19. The van der Waals surface area contributed by atoms with Gasteiger partial charge in [-0.3, -0.25) is 14.9 Å². The van der Waals surface area contributed by atoms with E-state index >= 15 is 0 Å². The Morgan fingerprint density at radius 3 is 2.92 bits per heavy atom. The van der Waals surface area contributed by atoms with Crippen LogP contribution in [0.15, 0.2) is 6.33 Å². The number of hydrogen-bond donors (Lipinski definition) is 2. The number of amides is 1. The van der Waals surface area contributed by atoms with Crippen LogP contribution in [0.3, 0.4) is 0 Å². The third-order valence-corrected chi connectivity index (χ3v) is 1.19. The Labute approximate surface area is 73.4 Å². The molecule has 7 nitrogen and oxygen atoms in total. The highest BCUT2D eigenvalue weighted by atomic mass is 16.4. The normalized spacial score (nSPS) is 9.62. The van der Waals surface area contributed by atoms with Crippen LogP contribution in [-0.4, -0.2) is 31.7 Å². The van der Waals surface area contributed by atoms with Gasteiger partial charge in [0.2, 0.25) is 11.9 Å². The van der Waals surface area contributed by atoms with Crippen molar-refractivity contribution in [2.75, 3.05) is 5.32 Å². The second-order valence-electron chi connectivity index (χ2n) is 2.32. The summed E-state index contributed by atoms with van der Waals surface area (Å²) in [7, 11) is 0. The molecule has 0 aromatic carbocycles. The van der Waals surface area contributed by atoms with Gasteiger partial charge in [0.05, 0.1) is 0 Å². The molecule has 0 radical (unpaired) electrons. The minimum atomic E-state index is -1.04. The number of carbonyl (C=O) groups is 2. The fourth-order valence-corrected chi connectivity index (χ4v) is 0.762. The molecule has 0 saturated heterocycles. The maximum atomic E-state index is 10.6. The van der Waals surface area contributed by atoms with Gasteiger partial charge in [-0.1, -0.05) is 0 Å². The van der Waals surface area contributed by atoms with Gasteiger partial charge >= 0.3 is 5.97 Å². The maximum absolute atomic E-state index is 10.6. The highest BCUT2D eigenvalue weighted by molar-refractivity contribution is 5.86. The minimum Gasteiger partial charge on any atom is -0.480 e. The molecule has 0 unspecified atom stereocenters. The Bertz CT molecular complexity index is 302. The molecule has 0 aliphatic rings. The van der Waals surface area contributed by atoms with Crippen LogP contribution in [0, 0.1) is 0 Å². The Balaban J connectivity index is 2.76. The lowest BCUT2D eigenvalue weighted by Gasteiger charge is -2.01. The summed E-state index contributed by atoms with van der Waals surface area (Å²) in [5, 5.41) is 14.4. The fraction of sp³-hybridized carbons (Fsp3) is 0.333. The molecule has 1 aromatic heterocycles. The summed E-state index contributed by atoms with van der Waals surface area (Å²) in [5.74, 6) is -1.23. The van der Waals surface area contributed by atoms with E-state index in [1.807, 2.05) is 0 Å². The first kappa shape index (κ1) is 9.17. The molecule has 0 atom stereocenters. The number of nitrogens with zero attached hydrogens (tertiary/aromatic N) is 3. The van der Waals surface area contributed by atoms with E-state index in [1.165, 1.54) is 13.3 Å². The predicted octanol–water partition coefficient (Wildman–Crippen LogP) is -0.679. The van der Waals surface area contributed by atoms with Crippen LogP contribution in [-0.2, 0) is 16.1 Å². The van der Waals surface area contributed by atoms with Crippen molar-refractivity contribution in [3.63, 3.8) is 0 Å². The number of anilines is 1. The lowest BCUT2D eigenvalue weighted by molar-refractivity contribution is -0.137. The van der Waals surface area contributed by atoms with Crippen molar-refractivity contribution in [1.29, 1.82) is 0 Å².